The molecule has 0 aromatic heterocycles. The van der Waals surface area contributed by atoms with E-state index in [0.29, 0.717) is 39.0 Å². The van der Waals surface area contributed by atoms with Gasteiger partial charge in [0.05, 0.1) is 19.7 Å². The highest BCUT2D eigenvalue weighted by atomic mass is 16.6. The molecule has 12 nitrogen and oxygen atoms in total. The molecule has 1 unspecified atom stereocenters. The molecule has 1 fully saturated rings. The van der Waals surface area contributed by atoms with Crippen molar-refractivity contribution in [2.75, 3.05) is 60.5 Å². The summed E-state index contributed by atoms with van der Waals surface area (Å²) in [5, 5.41) is 4.95. The smallest absolute Gasteiger partial charge is 0.408 e. The number of carbonyl (C=O) groups excluding carboxylic acids is 5. The summed E-state index contributed by atoms with van der Waals surface area (Å²) in [5.74, 6) is -1.64. The zero-order chi connectivity index (χ0) is 25.9. The summed E-state index contributed by atoms with van der Waals surface area (Å²) in [6, 6.07) is -0.841. The summed E-state index contributed by atoms with van der Waals surface area (Å²) in [5.41, 5.74) is -0.705. The van der Waals surface area contributed by atoms with E-state index >= 15 is 0 Å². The van der Waals surface area contributed by atoms with Gasteiger partial charge in [-0.3, -0.25) is 19.2 Å². The van der Waals surface area contributed by atoms with Gasteiger partial charge >= 0.3 is 6.09 Å². The first kappa shape index (κ1) is 29.1. The Hall–Kier alpha value is -2.89. The molecule has 1 aliphatic rings. The van der Waals surface area contributed by atoms with Crippen LogP contribution in [0.1, 0.15) is 40.0 Å². The summed E-state index contributed by atoms with van der Waals surface area (Å²) in [4.78, 5) is 65.9. The number of hydrogen-bond acceptors (Lipinski definition) is 7. The first-order valence-electron chi connectivity index (χ1n) is 11.4. The largest absolute Gasteiger partial charge is 0.444 e. The molecule has 0 aliphatic carbocycles. The summed E-state index contributed by atoms with van der Waals surface area (Å²) in [7, 11) is 4.60. The van der Waals surface area contributed by atoms with E-state index in [9.17, 15) is 24.0 Å². The van der Waals surface area contributed by atoms with E-state index in [2.05, 4.69) is 10.6 Å². The number of alkyl carbamates (subject to hydrolysis) is 1. The van der Waals surface area contributed by atoms with Crippen molar-refractivity contribution in [2.45, 2.75) is 51.7 Å². The van der Waals surface area contributed by atoms with Gasteiger partial charge in [-0.2, -0.15) is 0 Å². The normalized spacial score (nSPS) is 19.9. The molecule has 2 N–H and O–H groups in total. The van der Waals surface area contributed by atoms with E-state index in [4.69, 9.17) is 9.47 Å². The average Bonchev–Trinajstić information content (AvgIpc) is 2.74. The Morgan fingerprint density at radius 2 is 1.79 bits per heavy atom. The molecule has 194 valence electrons. The second-order valence-electron chi connectivity index (χ2n) is 9.27. The lowest BCUT2D eigenvalue weighted by atomic mass is 10.1. The van der Waals surface area contributed by atoms with Crippen LogP contribution in [0.5, 0.6) is 0 Å². The Bertz CT molecular complexity index is 738. The van der Waals surface area contributed by atoms with Crippen LogP contribution in [-0.2, 0) is 28.7 Å². The number of amides is 5. The molecule has 0 saturated carbocycles. The molecule has 0 aromatic rings. The van der Waals surface area contributed by atoms with Crippen LogP contribution in [-0.4, -0.2) is 117 Å². The molecule has 1 saturated heterocycles. The minimum absolute atomic E-state index is 0.122. The first-order chi connectivity index (χ1) is 15.8. The number of nitrogens with zero attached hydrogens (tertiary/aromatic N) is 3. The lowest BCUT2D eigenvalue weighted by Gasteiger charge is -2.28. The first-order valence-corrected chi connectivity index (χ1v) is 11.4. The average molecular weight is 486 g/mol. The van der Waals surface area contributed by atoms with Crippen molar-refractivity contribution in [2.24, 2.45) is 0 Å². The number of rotatable bonds is 3. The summed E-state index contributed by atoms with van der Waals surface area (Å²) >= 11 is 0. The number of nitrogens with one attached hydrogen (secondary N) is 2. The monoisotopic (exact) mass is 485 g/mol. The number of hydrogen-bond donors (Lipinski definition) is 2. The van der Waals surface area contributed by atoms with Gasteiger partial charge in [-0.25, -0.2) is 4.79 Å². The summed E-state index contributed by atoms with van der Waals surface area (Å²) in [6.45, 7) is 5.58. The van der Waals surface area contributed by atoms with Crippen molar-refractivity contribution in [1.82, 2.24) is 25.3 Å². The van der Waals surface area contributed by atoms with Crippen LogP contribution in [0.2, 0.25) is 0 Å². The molecular weight excluding hydrogens is 446 g/mol. The van der Waals surface area contributed by atoms with Crippen molar-refractivity contribution >= 4 is 29.7 Å². The van der Waals surface area contributed by atoms with Gasteiger partial charge in [0.2, 0.25) is 23.6 Å². The Morgan fingerprint density at radius 3 is 2.44 bits per heavy atom. The zero-order valence-corrected chi connectivity index (χ0v) is 21.1. The molecule has 0 aromatic carbocycles. The summed E-state index contributed by atoms with van der Waals surface area (Å²) in [6.07, 6.45) is 0.869. The van der Waals surface area contributed by atoms with Gasteiger partial charge < -0.3 is 34.8 Å². The van der Waals surface area contributed by atoms with Crippen molar-refractivity contribution in [3.63, 3.8) is 0 Å². The van der Waals surface area contributed by atoms with Gasteiger partial charge in [0.15, 0.2) is 0 Å². The third kappa shape index (κ3) is 10.8. The maximum absolute atomic E-state index is 12.9. The molecule has 0 spiro atoms. The Kier molecular flexibility index (Phi) is 11.8. The second-order valence-corrected chi connectivity index (χ2v) is 9.27. The number of ether oxygens (including phenoxy) is 2. The highest BCUT2D eigenvalue weighted by Crippen LogP contribution is 2.10. The van der Waals surface area contributed by atoms with Gasteiger partial charge in [0.25, 0.3) is 0 Å². The van der Waals surface area contributed by atoms with E-state index in [-0.39, 0.29) is 25.5 Å². The van der Waals surface area contributed by atoms with Gasteiger partial charge in [0.1, 0.15) is 18.2 Å². The molecule has 12 heteroatoms. The molecule has 1 rings (SSSR count). The highest BCUT2D eigenvalue weighted by Gasteiger charge is 2.28. The fourth-order valence-electron chi connectivity index (χ4n) is 3.06. The van der Waals surface area contributed by atoms with E-state index in [1.165, 1.54) is 28.8 Å². The van der Waals surface area contributed by atoms with Crippen LogP contribution in [0.4, 0.5) is 4.79 Å². The Morgan fingerprint density at radius 1 is 1.12 bits per heavy atom. The standard InChI is InChI=1S/C22H39N5O7/c1-22(2,3)34-21(32)24-14-18(29)27(6)16-9-7-8-11-33-12-10-25(4)19(30)15-26(5)17(28)13-23-20(16)31/h16H,7-15H2,1-6H3,(H,23,31)(H,24,32). The van der Waals surface area contributed by atoms with Gasteiger partial charge in [-0.1, -0.05) is 0 Å². The molecular formula is C22H39N5O7. The molecule has 5 amide bonds. The van der Waals surface area contributed by atoms with Gasteiger partial charge in [-0.05, 0) is 40.0 Å². The predicted octanol–water partition coefficient (Wildman–Crippen LogP) is -0.428. The van der Waals surface area contributed by atoms with Gasteiger partial charge in [-0.15, -0.1) is 0 Å². The predicted molar refractivity (Wildman–Crippen MR) is 124 cm³/mol. The highest BCUT2D eigenvalue weighted by molar-refractivity contribution is 5.92. The van der Waals surface area contributed by atoms with Crippen LogP contribution < -0.4 is 10.6 Å². The molecule has 0 bridgehead atoms. The van der Waals surface area contributed by atoms with Crippen LogP contribution in [0, 0.1) is 0 Å². The number of likely N-dealkylation sites (N-methyl/N-ethyl adjacent to an activating group) is 3. The fourth-order valence-corrected chi connectivity index (χ4v) is 3.06. The van der Waals surface area contributed by atoms with Crippen LogP contribution in [0.3, 0.4) is 0 Å². The maximum atomic E-state index is 12.9. The van der Waals surface area contributed by atoms with Crippen molar-refractivity contribution in [1.29, 1.82) is 0 Å². The van der Waals surface area contributed by atoms with E-state index in [1.54, 1.807) is 27.8 Å². The quantitative estimate of drug-likeness (QED) is 0.553. The van der Waals surface area contributed by atoms with E-state index in [0.717, 1.165) is 0 Å². The maximum Gasteiger partial charge on any atom is 0.408 e. The molecule has 0 radical (unpaired) electrons. The molecule has 1 aliphatic heterocycles. The lowest BCUT2D eigenvalue weighted by molar-refractivity contribution is -0.141. The second kappa shape index (κ2) is 13.7. The molecule has 34 heavy (non-hydrogen) atoms. The summed E-state index contributed by atoms with van der Waals surface area (Å²) < 4.78 is 10.7. The van der Waals surface area contributed by atoms with Crippen molar-refractivity contribution in [3.05, 3.63) is 0 Å². The van der Waals surface area contributed by atoms with Crippen molar-refractivity contribution < 1.29 is 33.4 Å². The number of carbonyl (C=O) groups is 5. The van der Waals surface area contributed by atoms with Crippen LogP contribution >= 0.6 is 0 Å². The van der Waals surface area contributed by atoms with Crippen LogP contribution in [0.15, 0.2) is 0 Å². The Labute approximate surface area is 201 Å². The molecule has 1 heterocycles. The van der Waals surface area contributed by atoms with Gasteiger partial charge in [0, 0.05) is 34.3 Å². The Balaban J connectivity index is 2.81. The molecule has 1 atom stereocenters. The topological polar surface area (TPSA) is 138 Å². The van der Waals surface area contributed by atoms with Crippen LogP contribution in [0.25, 0.3) is 0 Å². The minimum atomic E-state index is -0.841. The van der Waals surface area contributed by atoms with Crippen molar-refractivity contribution in [3.8, 4) is 0 Å². The SMILES string of the molecule is CN1CCOCCCCC(N(C)C(=O)CNC(=O)OC(C)(C)C)C(=O)NCC(=O)N(C)CC1=O. The zero-order valence-electron chi connectivity index (χ0n) is 21.1. The minimum Gasteiger partial charge on any atom is -0.444 e. The van der Waals surface area contributed by atoms with E-state index in [1.807, 2.05) is 0 Å². The third-order valence-corrected chi connectivity index (χ3v) is 5.17. The lowest BCUT2D eigenvalue weighted by Crippen LogP contribution is -2.52. The fraction of sp³-hybridized carbons (Fsp3) is 0.773. The third-order valence-electron chi connectivity index (χ3n) is 5.17. The van der Waals surface area contributed by atoms with E-state index < -0.39 is 35.5 Å².